The van der Waals surface area contributed by atoms with Crippen molar-refractivity contribution in [3.8, 4) is 11.8 Å². The number of rotatable bonds is 3. The van der Waals surface area contributed by atoms with Crippen LogP contribution in [0.3, 0.4) is 0 Å². The van der Waals surface area contributed by atoms with E-state index in [1.807, 2.05) is 37.3 Å². The molecular formula is C14H16O2. The van der Waals surface area contributed by atoms with Crippen LogP contribution in [0.25, 0.3) is 0 Å². The second-order valence-corrected chi connectivity index (χ2v) is 3.66. The third kappa shape index (κ3) is 3.22. The summed E-state index contributed by atoms with van der Waals surface area (Å²) in [7, 11) is 0. The molecule has 0 heterocycles. The van der Waals surface area contributed by atoms with E-state index in [2.05, 4.69) is 11.8 Å². The molecule has 0 saturated heterocycles. The van der Waals surface area contributed by atoms with Gasteiger partial charge in [0.05, 0.1) is 12.0 Å². The molecule has 0 aliphatic rings. The van der Waals surface area contributed by atoms with Gasteiger partial charge in [-0.15, -0.1) is 0 Å². The molecule has 1 N–H and O–H groups in total. The molecule has 0 aromatic heterocycles. The molecule has 1 rings (SSSR count). The monoisotopic (exact) mass is 216 g/mol. The molecule has 0 amide bonds. The maximum absolute atomic E-state index is 11.6. The first-order valence-electron chi connectivity index (χ1n) is 5.42. The lowest BCUT2D eigenvalue weighted by molar-refractivity contribution is -0.120. The van der Waals surface area contributed by atoms with E-state index in [9.17, 15) is 9.90 Å². The minimum atomic E-state index is -0.778. The minimum Gasteiger partial charge on any atom is -0.388 e. The smallest absolute Gasteiger partial charge is 0.211 e. The van der Waals surface area contributed by atoms with Crippen LogP contribution in [-0.4, -0.2) is 10.9 Å². The lowest BCUT2D eigenvalue weighted by Crippen LogP contribution is -2.17. The molecule has 84 valence electrons. The van der Waals surface area contributed by atoms with Crippen LogP contribution in [0.1, 0.15) is 31.9 Å². The Labute approximate surface area is 96.3 Å². The summed E-state index contributed by atoms with van der Waals surface area (Å²) >= 11 is 0. The highest BCUT2D eigenvalue weighted by atomic mass is 16.3. The van der Waals surface area contributed by atoms with Gasteiger partial charge in [0, 0.05) is 6.42 Å². The van der Waals surface area contributed by atoms with Crippen molar-refractivity contribution in [2.24, 2.45) is 5.92 Å². The molecule has 2 atom stereocenters. The standard InChI is InChI=1S/C14H16O2/c1-3-4-10-13(15)11(2)14(16)12-8-6-5-7-9-12/h5-9,11,14,16H,3H2,1-2H3/t11-,14+/m1/s1. The fourth-order valence-electron chi connectivity index (χ4n) is 1.37. The summed E-state index contributed by atoms with van der Waals surface area (Å²) in [5.41, 5.74) is 0.752. The van der Waals surface area contributed by atoms with Gasteiger partial charge < -0.3 is 5.11 Å². The first-order valence-corrected chi connectivity index (χ1v) is 5.42. The van der Waals surface area contributed by atoms with Crippen molar-refractivity contribution in [2.75, 3.05) is 0 Å². The van der Waals surface area contributed by atoms with E-state index in [1.165, 1.54) is 0 Å². The van der Waals surface area contributed by atoms with Crippen LogP contribution in [0.15, 0.2) is 30.3 Å². The van der Waals surface area contributed by atoms with Crippen LogP contribution in [0.5, 0.6) is 0 Å². The van der Waals surface area contributed by atoms with Gasteiger partial charge >= 0.3 is 0 Å². The van der Waals surface area contributed by atoms with Gasteiger partial charge in [-0.25, -0.2) is 0 Å². The zero-order valence-corrected chi connectivity index (χ0v) is 9.60. The average molecular weight is 216 g/mol. The van der Waals surface area contributed by atoms with Crippen molar-refractivity contribution < 1.29 is 9.90 Å². The quantitative estimate of drug-likeness (QED) is 0.622. The second-order valence-electron chi connectivity index (χ2n) is 3.66. The summed E-state index contributed by atoms with van der Waals surface area (Å²) in [6.45, 7) is 3.59. The molecule has 2 nitrogen and oxygen atoms in total. The van der Waals surface area contributed by atoms with E-state index in [0.29, 0.717) is 6.42 Å². The number of Topliss-reactive ketones (excluding diaryl/α,β-unsaturated/α-hetero) is 1. The molecule has 0 aliphatic heterocycles. The molecule has 0 unspecified atom stereocenters. The second kappa shape index (κ2) is 6.09. The first-order chi connectivity index (χ1) is 7.66. The van der Waals surface area contributed by atoms with E-state index in [-0.39, 0.29) is 5.78 Å². The highest BCUT2D eigenvalue weighted by molar-refractivity contribution is 5.97. The normalized spacial score (nSPS) is 13.4. The van der Waals surface area contributed by atoms with Gasteiger partial charge in [0.25, 0.3) is 0 Å². The molecule has 16 heavy (non-hydrogen) atoms. The number of hydrogen-bond donors (Lipinski definition) is 1. The van der Waals surface area contributed by atoms with Crippen molar-refractivity contribution in [1.82, 2.24) is 0 Å². The topological polar surface area (TPSA) is 37.3 Å². The van der Waals surface area contributed by atoms with E-state index < -0.39 is 12.0 Å². The summed E-state index contributed by atoms with van der Waals surface area (Å²) in [5, 5.41) is 9.97. The third-order valence-corrected chi connectivity index (χ3v) is 2.42. The van der Waals surface area contributed by atoms with E-state index in [1.54, 1.807) is 6.92 Å². The van der Waals surface area contributed by atoms with Crippen molar-refractivity contribution in [3.05, 3.63) is 35.9 Å². The Hall–Kier alpha value is -1.59. The zero-order chi connectivity index (χ0) is 12.0. The Morgan fingerprint density at radius 2 is 2.00 bits per heavy atom. The molecule has 0 aliphatic carbocycles. The van der Waals surface area contributed by atoms with Crippen molar-refractivity contribution in [2.45, 2.75) is 26.4 Å². The summed E-state index contributed by atoms with van der Waals surface area (Å²) in [6, 6.07) is 9.17. The zero-order valence-electron chi connectivity index (χ0n) is 9.60. The fourth-order valence-corrected chi connectivity index (χ4v) is 1.37. The number of carbonyl (C=O) groups excluding carboxylic acids is 1. The van der Waals surface area contributed by atoms with Gasteiger partial charge in [-0.3, -0.25) is 4.79 Å². The van der Waals surface area contributed by atoms with Gasteiger partial charge in [0.15, 0.2) is 0 Å². The number of aliphatic hydroxyl groups is 1. The molecule has 0 spiro atoms. The SMILES string of the molecule is CCC#CC(=O)[C@@H](C)[C@H](O)c1ccccc1. The number of benzene rings is 1. The highest BCUT2D eigenvalue weighted by Gasteiger charge is 2.21. The van der Waals surface area contributed by atoms with Crippen LogP contribution in [0, 0.1) is 17.8 Å². The Morgan fingerprint density at radius 1 is 1.38 bits per heavy atom. The number of ketones is 1. The lowest BCUT2D eigenvalue weighted by Gasteiger charge is -2.15. The molecule has 2 heteroatoms. The summed E-state index contributed by atoms with van der Waals surface area (Å²) in [6.07, 6.45) is -0.125. The Morgan fingerprint density at radius 3 is 2.56 bits per heavy atom. The van der Waals surface area contributed by atoms with Gasteiger partial charge in [0.2, 0.25) is 5.78 Å². The molecule has 0 fully saturated rings. The Bertz CT molecular complexity index is 398. The number of aliphatic hydroxyl groups excluding tert-OH is 1. The molecule has 0 radical (unpaired) electrons. The van der Waals surface area contributed by atoms with Crippen molar-refractivity contribution >= 4 is 5.78 Å². The first kappa shape index (κ1) is 12.5. The largest absolute Gasteiger partial charge is 0.388 e. The Kier molecular flexibility index (Phi) is 4.75. The van der Waals surface area contributed by atoms with Gasteiger partial charge in [0.1, 0.15) is 0 Å². The average Bonchev–Trinajstić information content (AvgIpc) is 2.35. The predicted octanol–water partition coefficient (Wildman–Crippen LogP) is 2.34. The summed E-state index contributed by atoms with van der Waals surface area (Å²) in [5.74, 6) is 4.56. The molecular weight excluding hydrogens is 200 g/mol. The van der Waals surface area contributed by atoms with E-state index >= 15 is 0 Å². The van der Waals surface area contributed by atoms with Gasteiger partial charge in [-0.2, -0.15) is 0 Å². The fraction of sp³-hybridized carbons (Fsp3) is 0.357. The molecule has 1 aromatic carbocycles. The molecule has 0 bridgehead atoms. The summed E-state index contributed by atoms with van der Waals surface area (Å²) in [4.78, 5) is 11.6. The van der Waals surface area contributed by atoms with Crippen molar-refractivity contribution in [1.29, 1.82) is 0 Å². The van der Waals surface area contributed by atoms with E-state index in [0.717, 1.165) is 5.56 Å². The predicted molar refractivity (Wildman–Crippen MR) is 63.6 cm³/mol. The number of carbonyl (C=O) groups is 1. The minimum absolute atomic E-state index is 0.210. The molecule has 0 saturated carbocycles. The van der Waals surface area contributed by atoms with Gasteiger partial charge in [-0.1, -0.05) is 50.1 Å². The van der Waals surface area contributed by atoms with Crippen LogP contribution in [-0.2, 0) is 4.79 Å². The van der Waals surface area contributed by atoms with Crippen LogP contribution < -0.4 is 0 Å². The lowest BCUT2D eigenvalue weighted by atomic mass is 9.94. The Balaban J connectivity index is 2.75. The third-order valence-electron chi connectivity index (χ3n) is 2.42. The summed E-state index contributed by atoms with van der Waals surface area (Å²) < 4.78 is 0. The van der Waals surface area contributed by atoms with Crippen molar-refractivity contribution in [3.63, 3.8) is 0 Å². The maximum atomic E-state index is 11.6. The maximum Gasteiger partial charge on any atom is 0.211 e. The van der Waals surface area contributed by atoms with Crippen LogP contribution in [0.2, 0.25) is 0 Å². The van der Waals surface area contributed by atoms with Gasteiger partial charge in [-0.05, 0) is 11.5 Å². The number of hydrogen-bond acceptors (Lipinski definition) is 2. The molecule has 1 aromatic rings. The van der Waals surface area contributed by atoms with Crippen LogP contribution >= 0.6 is 0 Å². The van der Waals surface area contributed by atoms with E-state index in [4.69, 9.17) is 0 Å². The highest BCUT2D eigenvalue weighted by Crippen LogP contribution is 2.21. The van der Waals surface area contributed by atoms with Crippen LogP contribution in [0.4, 0.5) is 0 Å².